The van der Waals surface area contributed by atoms with Gasteiger partial charge in [-0.1, -0.05) is 13.8 Å². The fraction of sp³-hybridized carbons (Fsp3) is 0.800. The normalized spacial score (nSPS) is 13.4. The van der Waals surface area contributed by atoms with Gasteiger partial charge in [0.2, 0.25) is 0 Å². The summed E-state index contributed by atoms with van der Waals surface area (Å²) in [4.78, 5) is 2.33. The molecule has 0 aliphatic carbocycles. The summed E-state index contributed by atoms with van der Waals surface area (Å²) in [6, 6.07) is 0.620. The minimum Gasteiger partial charge on any atom is -0.313 e. The van der Waals surface area contributed by atoms with Crippen LogP contribution < -0.4 is 5.32 Å². The average molecular weight is 266 g/mol. The van der Waals surface area contributed by atoms with Crippen molar-refractivity contribution in [2.45, 2.75) is 46.2 Å². The first-order valence-electron chi connectivity index (χ1n) is 7.36. The summed E-state index contributed by atoms with van der Waals surface area (Å²) in [5.41, 5.74) is 1.28. The highest BCUT2D eigenvalue weighted by Crippen LogP contribution is 2.06. The number of aromatic nitrogens is 2. The maximum absolute atomic E-state index is 4.19. The lowest BCUT2D eigenvalue weighted by Crippen LogP contribution is -2.34. The van der Waals surface area contributed by atoms with Crippen molar-refractivity contribution in [1.29, 1.82) is 0 Å². The highest BCUT2D eigenvalue weighted by molar-refractivity contribution is 5.02. The van der Waals surface area contributed by atoms with E-state index in [1.165, 1.54) is 18.4 Å². The van der Waals surface area contributed by atoms with E-state index in [2.05, 4.69) is 49.3 Å². The molecule has 1 N–H and O–H groups in total. The van der Waals surface area contributed by atoms with Crippen LogP contribution >= 0.6 is 0 Å². The van der Waals surface area contributed by atoms with Gasteiger partial charge in [-0.3, -0.25) is 4.68 Å². The second kappa shape index (κ2) is 8.33. The predicted octanol–water partition coefficient (Wildman–Crippen LogP) is 2.27. The second-order valence-corrected chi connectivity index (χ2v) is 6.09. The van der Waals surface area contributed by atoms with Crippen molar-refractivity contribution >= 4 is 0 Å². The second-order valence-electron chi connectivity index (χ2n) is 6.09. The molecule has 1 heterocycles. The van der Waals surface area contributed by atoms with Gasteiger partial charge in [0, 0.05) is 44.5 Å². The van der Waals surface area contributed by atoms with Crippen molar-refractivity contribution in [2.24, 2.45) is 13.0 Å². The molecular formula is C15H30N4. The molecule has 1 aromatic rings. The lowest BCUT2D eigenvalue weighted by Gasteiger charge is -2.19. The zero-order chi connectivity index (χ0) is 14.3. The molecule has 0 saturated carbocycles. The summed E-state index contributed by atoms with van der Waals surface area (Å²) in [5.74, 6) is 0.803. The number of aryl methyl sites for hydroxylation is 1. The minimum absolute atomic E-state index is 0.620. The fourth-order valence-corrected chi connectivity index (χ4v) is 2.13. The Kier molecular flexibility index (Phi) is 7.10. The summed E-state index contributed by atoms with van der Waals surface area (Å²) in [6.07, 6.45) is 6.59. The third kappa shape index (κ3) is 7.33. The molecule has 0 aliphatic heterocycles. The van der Waals surface area contributed by atoms with Gasteiger partial charge in [0.15, 0.2) is 0 Å². The Morgan fingerprint density at radius 3 is 2.63 bits per heavy atom. The van der Waals surface area contributed by atoms with Crippen molar-refractivity contribution < 1.29 is 0 Å². The number of nitrogens with one attached hydrogen (secondary N) is 1. The Balaban J connectivity index is 2.11. The summed E-state index contributed by atoms with van der Waals surface area (Å²) in [6.45, 7) is 9.94. The summed E-state index contributed by atoms with van der Waals surface area (Å²) < 4.78 is 1.86. The molecule has 4 nitrogen and oxygen atoms in total. The topological polar surface area (TPSA) is 33.1 Å². The van der Waals surface area contributed by atoms with E-state index in [1.54, 1.807) is 0 Å². The van der Waals surface area contributed by atoms with Crippen LogP contribution in [0.5, 0.6) is 0 Å². The minimum atomic E-state index is 0.620. The smallest absolute Gasteiger partial charge is 0.0534 e. The monoisotopic (exact) mass is 266 g/mol. The van der Waals surface area contributed by atoms with Crippen LogP contribution in [0.2, 0.25) is 0 Å². The molecule has 1 unspecified atom stereocenters. The van der Waals surface area contributed by atoms with E-state index in [-0.39, 0.29) is 0 Å². The van der Waals surface area contributed by atoms with Crippen LogP contribution in [0.4, 0.5) is 0 Å². The van der Waals surface area contributed by atoms with Crippen LogP contribution in [-0.4, -0.2) is 40.9 Å². The van der Waals surface area contributed by atoms with E-state index in [9.17, 15) is 0 Å². The maximum atomic E-state index is 4.19. The Bertz CT molecular complexity index is 346. The first-order valence-corrected chi connectivity index (χ1v) is 7.36. The van der Waals surface area contributed by atoms with Crippen molar-refractivity contribution in [3.05, 3.63) is 18.0 Å². The van der Waals surface area contributed by atoms with Crippen LogP contribution in [0.1, 0.15) is 39.2 Å². The quantitative estimate of drug-likeness (QED) is 0.744. The molecule has 110 valence electrons. The van der Waals surface area contributed by atoms with E-state index in [0.717, 1.165) is 25.6 Å². The van der Waals surface area contributed by atoms with Gasteiger partial charge in [0.25, 0.3) is 0 Å². The van der Waals surface area contributed by atoms with Gasteiger partial charge in [-0.05, 0) is 32.7 Å². The van der Waals surface area contributed by atoms with Crippen LogP contribution in [0.15, 0.2) is 12.4 Å². The molecule has 0 saturated heterocycles. The first kappa shape index (κ1) is 16.2. The zero-order valence-electron chi connectivity index (χ0n) is 13.2. The SMILES string of the molecule is CC(C)CCC(C)NCCN(C)Cc1cnn(C)c1. The first-order chi connectivity index (χ1) is 8.97. The molecule has 0 aromatic carbocycles. The predicted molar refractivity (Wildman–Crippen MR) is 81.1 cm³/mol. The van der Waals surface area contributed by atoms with Crippen molar-refractivity contribution in [3.8, 4) is 0 Å². The maximum Gasteiger partial charge on any atom is 0.0534 e. The Labute approximate surface area is 118 Å². The third-order valence-electron chi connectivity index (χ3n) is 3.37. The molecule has 1 aromatic heterocycles. The number of likely N-dealkylation sites (N-methyl/N-ethyl adjacent to an activating group) is 1. The van der Waals surface area contributed by atoms with Gasteiger partial charge in [0.1, 0.15) is 0 Å². The largest absolute Gasteiger partial charge is 0.313 e. The van der Waals surface area contributed by atoms with Gasteiger partial charge in [0.05, 0.1) is 6.20 Å². The van der Waals surface area contributed by atoms with Gasteiger partial charge in [-0.25, -0.2) is 0 Å². The van der Waals surface area contributed by atoms with E-state index in [1.807, 2.05) is 17.9 Å². The van der Waals surface area contributed by atoms with Crippen molar-refractivity contribution in [1.82, 2.24) is 20.0 Å². The van der Waals surface area contributed by atoms with Crippen LogP contribution in [-0.2, 0) is 13.6 Å². The fourth-order valence-electron chi connectivity index (χ4n) is 2.13. The molecule has 1 atom stereocenters. The number of nitrogens with zero attached hydrogens (tertiary/aromatic N) is 3. The lowest BCUT2D eigenvalue weighted by atomic mass is 10.0. The van der Waals surface area contributed by atoms with Gasteiger partial charge < -0.3 is 10.2 Å². The number of rotatable bonds is 9. The van der Waals surface area contributed by atoms with E-state index >= 15 is 0 Å². The van der Waals surface area contributed by atoms with Gasteiger partial charge in [-0.2, -0.15) is 5.10 Å². The molecule has 0 spiro atoms. The Hall–Kier alpha value is -0.870. The highest BCUT2D eigenvalue weighted by Gasteiger charge is 2.05. The Morgan fingerprint density at radius 2 is 2.05 bits per heavy atom. The summed E-state index contributed by atoms with van der Waals surface area (Å²) in [5, 5.41) is 7.79. The van der Waals surface area contributed by atoms with Gasteiger partial charge in [-0.15, -0.1) is 0 Å². The number of hydrogen-bond donors (Lipinski definition) is 1. The molecule has 0 bridgehead atoms. The molecule has 0 radical (unpaired) electrons. The van der Waals surface area contributed by atoms with Crippen LogP contribution in [0.3, 0.4) is 0 Å². The molecule has 4 heteroatoms. The average Bonchev–Trinajstić information content (AvgIpc) is 2.72. The standard InChI is InChI=1S/C15H30N4/c1-13(2)6-7-14(3)16-8-9-18(4)11-15-10-17-19(5)12-15/h10,12-14,16H,6-9,11H2,1-5H3. The van der Waals surface area contributed by atoms with Crippen molar-refractivity contribution in [3.63, 3.8) is 0 Å². The summed E-state index contributed by atoms with van der Waals surface area (Å²) >= 11 is 0. The summed E-state index contributed by atoms with van der Waals surface area (Å²) in [7, 11) is 4.12. The molecule has 0 fully saturated rings. The van der Waals surface area contributed by atoms with E-state index < -0.39 is 0 Å². The molecule has 1 rings (SSSR count). The molecular weight excluding hydrogens is 236 g/mol. The lowest BCUT2D eigenvalue weighted by molar-refractivity contribution is 0.314. The molecule has 0 aliphatic rings. The van der Waals surface area contributed by atoms with Crippen molar-refractivity contribution in [2.75, 3.05) is 20.1 Å². The van der Waals surface area contributed by atoms with Crippen LogP contribution in [0.25, 0.3) is 0 Å². The molecule has 19 heavy (non-hydrogen) atoms. The van der Waals surface area contributed by atoms with Gasteiger partial charge >= 0.3 is 0 Å². The Morgan fingerprint density at radius 1 is 1.32 bits per heavy atom. The van der Waals surface area contributed by atoms with E-state index in [4.69, 9.17) is 0 Å². The highest BCUT2D eigenvalue weighted by atomic mass is 15.2. The third-order valence-corrected chi connectivity index (χ3v) is 3.37. The number of hydrogen-bond acceptors (Lipinski definition) is 3. The zero-order valence-corrected chi connectivity index (χ0v) is 13.2. The van der Waals surface area contributed by atoms with E-state index in [0.29, 0.717) is 6.04 Å². The van der Waals surface area contributed by atoms with Crippen LogP contribution in [0, 0.1) is 5.92 Å². The molecule has 0 amide bonds.